The zero-order chi connectivity index (χ0) is 12.8. The third kappa shape index (κ3) is 4.03. The molecule has 0 aliphatic rings. The number of hydrogen-bond acceptors (Lipinski definition) is 6. The minimum atomic E-state index is -0.879. The summed E-state index contributed by atoms with van der Waals surface area (Å²) in [7, 11) is 1.42. The second kappa shape index (κ2) is 6.19. The van der Waals surface area contributed by atoms with Crippen LogP contribution in [0.1, 0.15) is 13.3 Å². The summed E-state index contributed by atoms with van der Waals surface area (Å²) in [5.74, 6) is -0.568. The second-order valence-corrected chi connectivity index (χ2v) is 3.45. The molecule has 0 saturated heterocycles. The molecule has 0 fully saturated rings. The van der Waals surface area contributed by atoms with Gasteiger partial charge in [0.05, 0.1) is 13.5 Å². The monoisotopic (exact) mass is 260 g/mol. The number of hydrogen-bond donors (Lipinski definition) is 1. The van der Waals surface area contributed by atoms with Crippen molar-refractivity contribution in [1.29, 1.82) is 0 Å². The quantitative estimate of drug-likeness (QED) is 0.810. The molecule has 1 N–H and O–H groups in total. The summed E-state index contributed by atoms with van der Waals surface area (Å²) in [5, 5.41) is 8.64. The molecule has 0 aromatic carbocycles. The predicted octanol–water partition coefficient (Wildman–Crippen LogP) is 0.835. The van der Waals surface area contributed by atoms with Gasteiger partial charge in [-0.2, -0.15) is 15.0 Å². The Morgan fingerprint density at radius 3 is 2.71 bits per heavy atom. The molecule has 0 amide bonds. The maximum absolute atomic E-state index is 10.5. The average molecular weight is 261 g/mol. The zero-order valence-corrected chi connectivity index (χ0v) is 10.3. The maximum Gasteiger partial charge on any atom is 0.322 e. The molecule has 1 aromatic heterocycles. The lowest BCUT2D eigenvalue weighted by Crippen LogP contribution is -2.28. The van der Waals surface area contributed by atoms with Crippen LogP contribution in [0.15, 0.2) is 0 Å². The first-order valence-corrected chi connectivity index (χ1v) is 5.37. The van der Waals surface area contributed by atoms with Gasteiger partial charge < -0.3 is 14.7 Å². The van der Waals surface area contributed by atoms with E-state index < -0.39 is 5.97 Å². The molecule has 7 nitrogen and oxygen atoms in total. The molecule has 0 atom stereocenters. The number of ether oxygens (including phenoxy) is 1. The van der Waals surface area contributed by atoms with E-state index in [2.05, 4.69) is 15.0 Å². The van der Waals surface area contributed by atoms with Crippen molar-refractivity contribution in [1.82, 2.24) is 15.0 Å². The highest BCUT2D eigenvalue weighted by Gasteiger charge is 2.12. The largest absolute Gasteiger partial charge is 0.481 e. The number of halogens is 1. The molecular formula is C9H13ClN4O3. The summed E-state index contributed by atoms with van der Waals surface area (Å²) < 4.78 is 4.87. The molecule has 1 rings (SSSR count). The van der Waals surface area contributed by atoms with Crippen molar-refractivity contribution in [3.05, 3.63) is 5.28 Å². The van der Waals surface area contributed by atoms with Gasteiger partial charge in [-0.15, -0.1) is 0 Å². The standard InChI is InChI=1S/C9H13ClN4O3/c1-3-14(5-4-6(15)16)8-11-7(10)12-9(13-8)17-2/h3-5H2,1-2H3,(H,15,16). The molecule has 0 unspecified atom stereocenters. The Balaban J connectivity index is 2.86. The van der Waals surface area contributed by atoms with Crippen molar-refractivity contribution in [3.8, 4) is 6.01 Å². The lowest BCUT2D eigenvalue weighted by Gasteiger charge is -2.19. The van der Waals surface area contributed by atoms with Crippen LogP contribution in [-0.2, 0) is 4.79 Å². The number of carboxylic acids is 1. The SMILES string of the molecule is CCN(CCC(=O)O)c1nc(Cl)nc(OC)n1. The first kappa shape index (κ1) is 13.4. The Morgan fingerprint density at radius 2 is 2.18 bits per heavy atom. The van der Waals surface area contributed by atoms with Crippen LogP contribution >= 0.6 is 11.6 Å². The smallest absolute Gasteiger partial charge is 0.322 e. The van der Waals surface area contributed by atoms with Gasteiger partial charge in [0.2, 0.25) is 11.2 Å². The van der Waals surface area contributed by atoms with Crippen molar-refractivity contribution >= 4 is 23.5 Å². The van der Waals surface area contributed by atoms with Gasteiger partial charge in [0, 0.05) is 13.1 Å². The van der Waals surface area contributed by atoms with Crippen molar-refractivity contribution in [2.75, 3.05) is 25.1 Å². The number of carbonyl (C=O) groups is 1. The molecule has 17 heavy (non-hydrogen) atoms. The van der Waals surface area contributed by atoms with Crippen molar-refractivity contribution in [2.45, 2.75) is 13.3 Å². The fraction of sp³-hybridized carbons (Fsp3) is 0.556. The van der Waals surface area contributed by atoms with E-state index in [0.29, 0.717) is 19.0 Å². The number of nitrogens with zero attached hydrogens (tertiary/aromatic N) is 4. The minimum absolute atomic E-state index is 0.000538. The molecule has 8 heteroatoms. The molecule has 0 saturated carbocycles. The summed E-state index contributed by atoms with van der Waals surface area (Å²) in [5.41, 5.74) is 0. The normalized spacial score (nSPS) is 10.1. The lowest BCUT2D eigenvalue weighted by molar-refractivity contribution is -0.136. The molecule has 0 radical (unpaired) electrons. The highest BCUT2D eigenvalue weighted by molar-refractivity contribution is 6.28. The van der Waals surface area contributed by atoms with Gasteiger partial charge in [0.25, 0.3) is 0 Å². The summed E-state index contributed by atoms with van der Waals surface area (Å²) in [6.07, 6.45) is -0.000538. The van der Waals surface area contributed by atoms with Crippen LogP contribution in [-0.4, -0.2) is 46.2 Å². The van der Waals surface area contributed by atoms with Crippen LogP contribution in [0, 0.1) is 0 Å². The average Bonchev–Trinajstić information content (AvgIpc) is 2.28. The van der Waals surface area contributed by atoms with Gasteiger partial charge >= 0.3 is 12.0 Å². The van der Waals surface area contributed by atoms with Gasteiger partial charge in [0.1, 0.15) is 0 Å². The van der Waals surface area contributed by atoms with Gasteiger partial charge in [-0.25, -0.2) is 0 Å². The maximum atomic E-state index is 10.5. The number of methoxy groups -OCH3 is 1. The van der Waals surface area contributed by atoms with Crippen LogP contribution in [0.4, 0.5) is 5.95 Å². The summed E-state index contributed by atoms with van der Waals surface area (Å²) in [4.78, 5) is 23.9. The Kier molecular flexibility index (Phi) is 4.89. The van der Waals surface area contributed by atoms with E-state index in [4.69, 9.17) is 21.4 Å². The molecule has 0 aliphatic heterocycles. The van der Waals surface area contributed by atoms with Crippen LogP contribution < -0.4 is 9.64 Å². The number of aromatic nitrogens is 3. The van der Waals surface area contributed by atoms with E-state index in [0.717, 1.165) is 0 Å². The Labute approximate surface area is 103 Å². The van der Waals surface area contributed by atoms with Crippen molar-refractivity contribution in [2.24, 2.45) is 0 Å². The third-order valence-electron chi connectivity index (χ3n) is 2.02. The molecule has 1 heterocycles. The van der Waals surface area contributed by atoms with Gasteiger partial charge in [-0.1, -0.05) is 0 Å². The highest BCUT2D eigenvalue weighted by Crippen LogP contribution is 2.14. The fourth-order valence-corrected chi connectivity index (χ4v) is 1.33. The van der Waals surface area contributed by atoms with Gasteiger partial charge in [-0.3, -0.25) is 4.79 Å². The Hall–Kier alpha value is -1.63. The molecule has 0 aliphatic carbocycles. The predicted molar refractivity (Wildman–Crippen MR) is 61.5 cm³/mol. The molecule has 94 valence electrons. The second-order valence-electron chi connectivity index (χ2n) is 3.11. The van der Waals surface area contributed by atoms with E-state index in [1.807, 2.05) is 6.92 Å². The van der Waals surface area contributed by atoms with E-state index in [1.54, 1.807) is 4.90 Å². The number of anilines is 1. The van der Waals surface area contributed by atoms with Gasteiger partial charge in [-0.05, 0) is 18.5 Å². The number of aliphatic carboxylic acids is 1. The van der Waals surface area contributed by atoms with Crippen molar-refractivity contribution < 1.29 is 14.6 Å². The molecule has 1 aromatic rings. The van der Waals surface area contributed by atoms with Crippen LogP contribution in [0.2, 0.25) is 5.28 Å². The van der Waals surface area contributed by atoms with E-state index in [9.17, 15) is 4.79 Å². The van der Waals surface area contributed by atoms with E-state index >= 15 is 0 Å². The molecular weight excluding hydrogens is 248 g/mol. The van der Waals surface area contributed by atoms with E-state index in [-0.39, 0.29) is 17.7 Å². The van der Waals surface area contributed by atoms with Crippen molar-refractivity contribution in [3.63, 3.8) is 0 Å². The summed E-state index contributed by atoms with van der Waals surface area (Å²) in [6, 6.07) is 0.105. The topological polar surface area (TPSA) is 88.4 Å². The first-order chi connectivity index (χ1) is 8.06. The molecule has 0 bridgehead atoms. The van der Waals surface area contributed by atoms with E-state index in [1.165, 1.54) is 7.11 Å². The van der Waals surface area contributed by atoms with Gasteiger partial charge in [0.15, 0.2) is 0 Å². The van der Waals surface area contributed by atoms with Crippen LogP contribution in [0.25, 0.3) is 0 Å². The third-order valence-corrected chi connectivity index (χ3v) is 2.19. The highest BCUT2D eigenvalue weighted by atomic mass is 35.5. The zero-order valence-electron chi connectivity index (χ0n) is 9.55. The number of carboxylic acid groups (broad SMARTS) is 1. The summed E-state index contributed by atoms with van der Waals surface area (Å²) in [6.45, 7) is 2.73. The number of rotatable bonds is 6. The Morgan fingerprint density at radius 1 is 1.47 bits per heavy atom. The Bertz CT molecular complexity index is 402. The van der Waals surface area contributed by atoms with Crippen LogP contribution in [0.3, 0.4) is 0 Å². The first-order valence-electron chi connectivity index (χ1n) is 4.99. The molecule has 0 spiro atoms. The lowest BCUT2D eigenvalue weighted by atomic mass is 10.4. The minimum Gasteiger partial charge on any atom is -0.481 e. The summed E-state index contributed by atoms with van der Waals surface area (Å²) >= 11 is 5.71. The fourth-order valence-electron chi connectivity index (χ4n) is 1.18. The van der Waals surface area contributed by atoms with Crippen LogP contribution in [0.5, 0.6) is 6.01 Å².